The summed E-state index contributed by atoms with van der Waals surface area (Å²) in [5.41, 5.74) is 0. The van der Waals surface area contributed by atoms with Crippen LogP contribution in [0.25, 0.3) is 0 Å². The Balaban J connectivity index is 2.54. The van der Waals surface area contributed by atoms with E-state index in [1.807, 2.05) is 0 Å². The lowest BCUT2D eigenvalue weighted by Crippen LogP contribution is -1.92. The third-order valence-corrected chi connectivity index (χ3v) is 1.19. The van der Waals surface area contributed by atoms with Gasteiger partial charge in [0.15, 0.2) is 0 Å². The Hall–Kier alpha value is 0.740. The van der Waals surface area contributed by atoms with Crippen molar-refractivity contribution >= 4 is 21.9 Å². The number of aliphatic hydroxyl groups is 1. The van der Waals surface area contributed by atoms with Crippen LogP contribution in [-0.2, 0) is 0 Å². The summed E-state index contributed by atoms with van der Waals surface area (Å²) < 4.78 is 0. The monoisotopic (exact) mass is 110 g/mol. The van der Waals surface area contributed by atoms with Crippen molar-refractivity contribution in [3.05, 3.63) is 0 Å². The van der Waals surface area contributed by atoms with Gasteiger partial charge < -0.3 is 5.11 Å². The fourth-order valence-corrected chi connectivity index (χ4v) is 0. The standard InChI is InChI=1S/C2H7OPS/c3-2(4)1-5/h2-3,5H,1,4H2. The zero-order valence-corrected chi connectivity index (χ0v) is 4.81. The number of aliphatic hydroxyl groups excluding tert-OH is 1. The van der Waals surface area contributed by atoms with Crippen LogP contribution in [0.1, 0.15) is 0 Å². The van der Waals surface area contributed by atoms with Crippen LogP contribution < -0.4 is 0 Å². The van der Waals surface area contributed by atoms with E-state index in [2.05, 4.69) is 21.9 Å². The Morgan fingerprint density at radius 2 is 2.20 bits per heavy atom. The highest BCUT2D eigenvalue weighted by atomic mass is 32.1. The first-order valence-electron chi connectivity index (χ1n) is 1.32. The highest BCUT2D eigenvalue weighted by molar-refractivity contribution is 7.80. The molecule has 1 nitrogen and oxygen atoms in total. The molecule has 0 aliphatic carbocycles. The molecular formula is C2H7OPS. The molecule has 5 heavy (non-hydrogen) atoms. The molecule has 32 valence electrons. The molecule has 0 spiro atoms. The highest BCUT2D eigenvalue weighted by Crippen LogP contribution is 1.93. The van der Waals surface area contributed by atoms with Gasteiger partial charge in [-0.1, -0.05) is 0 Å². The maximum Gasteiger partial charge on any atom is 0.0761 e. The lowest BCUT2D eigenvalue weighted by atomic mass is 10.9. The molecule has 0 aromatic rings. The molecule has 0 saturated carbocycles. The van der Waals surface area contributed by atoms with Crippen molar-refractivity contribution in [1.82, 2.24) is 0 Å². The summed E-state index contributed by atoms with van der Waals surface area (Å²) in [5.74, 6) is 0.184. The van der Waals surface area contributed by atoms with Crippen molar-refractivity contribution in [2.75, 3.05) is 5.75 Å². The van der Waals surface area contributed by atoms with Crippen molar-refractivity contribution in [3.63, 3.8) is 0 Å². The van der Waals surface area contributed by atoms with Crippen molar-refractivity contribution < 1.29 is 5.11 Å². The van der Waals surface area contributed by atoms with Gasteiger partial charge in [0, 0.05) is 5.75 Å². The van der Waals surface area contributed by atoms with Crippen LogP contribution in [0.2, 0.25) is 0 Å². The summed E-state index contributed by atoms with van der Waals surface area (Å²) in [6, 6.07) is 0. The molecule has 2 atom stereocenters. The van der Waals surface area contributed by atoms with Gasteiger partial charge in [0.2, 0.25) is 0 Å². The van der Waals surface area contributed by atoms with E-state index in [0.717, 1.165) is 0 Å². The van der Waals surface area contributed by atoms with Crippen LogP contribution in [0, 0.1) is 0 Å². The maximum atomic E-state index is 8.25. The van der Waals surface area contributed by atoms with E-state index in [0.29, 0.717) is 5.75 Å². The zero-order valence-electron chi connectivity index (χ0n) is 2.76. The van der Waals surface area contributed by atoms with Crippen LogP contribution in [0.4, 0.5) is 0 Å². The first-order chi connectivity index (χ1) is 2.27. The molecule has 0 radical (unpaired) electrons. The van der Waals surface area contributed by atoms with Crippen molar-refractivity contribution in [2.45, 2.75) is 5.85 Å². The van der Waals surface area contributed by atoms with Gasteiger partial charge in [-0.15, -0.1) is 9.24 Å². The van der Waals surface area contributed by atoms with Crippen molar-refractivity contribution in [3.8, 4) is 0 Å². The minimum Gasteiger partial charge on any atom is -0.388 e. The Morgan fingerprint density at radius 3 is 2.20 bits per heavy atom. The van der Waals surface area contributed by atoms with Gasteiger partial charge in [-0.25, -0.2) is 0 Å². The van der Waals surface area contributed by atoms with E-state index in [9.17, 15) is 0 Å². The largest absolute Gasteiger partial charge is 0.388 e. The SMILES string of the molecule is OC(P)CS. The first kappa shape index (κ1) is 5.74. The molecule has 0 fully saturated rings. The van der Waals surface area contributed by atoms with Gasteiger partial charge in [0.25, 0.3) is 0 Å². The Kier molecular flexibility index (Phi) is 3.39. The Bertz CT molecular complexity index is 23.6. The molecule has 0 aliphatic rings. The number of thiol groups is 1. The number of hydrogen-bond acceptors (Lipinski definition) is 2. The van der Waals surface area contributed by atoms with E-state index < -0.39 is 0 Å². The Labute approximate surface area is 39.4 Å². The van der Waals surface area contributed by atoms with E-state index in [-0.39, 0.29) is 5.85 Å². The molecule has 0 bridgehead atoms. The van der Waals surface area contributed by atoms with Gasteiger partial charge in [-0.2, -0.15) is 12.6 Å². The normalized spacial score (nSPS) is 15.0. The maximum absolute atomic E-state index is 8.25. The van der Waals surface area contributed by atoms with Crippen LogP contribution in [0.15, 0.2) is 0 Å². The molecule has 0 aliphatic heterocycles. The molecule has 1 N–H and O–H groups in total. The van der Waals surface area contributed by atoms with Gasteiger partial charge in [0.1, 0.15) is 0 Å². The van der Waals surface area contributed by atoms with Crippen LogP contribution in [-0.4, -0.2) is 16.7 Å². The van der Waals surface area contributed by atoms with Crippen LogP contribution in [0.5, 0.6) is 0 Å². The van der Waals surface area contributed by atoms with Crippen LogP contribution in [0.3, 0.4) is 0 Å². The summed E-state index contributed by atoms with van der Waals surface area (Å²) in [4.78, 5) is 0. The smallest absolute Gasteiger partial charge is 0.0761 e. The summed E-state index contributed by atoms with van der Waals surface area (Å²) in [6.07, 6.45) is 0. The van der Waals surface area contributed by atoms with E-state index in [4.69, 9.17) is 5.11 Å². The second kappa shape index (κ2) is 2.95. The fourth-order valence-electron chi connectivity index (χ4n) is 0. The molecule has 3 heteroatoms. The van der Waals surface area contributed by atoms with Crippen molar-refractivity contribution in [1.29, 1.82) is 0 Å². The van der Waals surface area contributed by atoms with Crippen molar-refractivity contribution in [2.24, 2.45) is 0 Å². The molecule has 2 unspecified atom stereocenters. The molecular weight excluding hydrogens is 103 g/mol. The molecule has 0 saturated heterocycles. The van der Waals surface area contributed by atoms with Gasteiger partial charge >= 0.3 is 0 Å². The zero-order chi connectivity index (χ0) is 4.28. The molecule has 0 aromatic heterocycles. The van der Waals surface area contributed by atoms with Gasteiger partial charge in [-0.3, -0.25) is 0 Å². The third-order valence-electron chi connectivity index (χ3n) is 0.187. The average Bonchev–Trinajstić information content (AvgIpc) is 1.38. The van der Waals surface area contributed by atoms with E-state index in [1.165, 1.54) is 0 Å². The lowest BCUT2D eigenvalue weighted by Gasteiger charge is -1.89. The second-order valence-corrected chi connectivity index (χ2v) is 1.88. The quantitative estimate of drug-likeness (QED) is 0.362. The molecule has 0 rings (SSSR count). The summed E-state index contributed by atoms with van der Waals surface area (Å²) >= 11 is 3.74. The summed E-state index contributed by atoms with van der Waals surface area (Å²) in [6.45, 7) is 0. The van der Waals surface area contributed by atoms with Gasteiger partial charge in [0.05, 0.1) is 5.85 Å². The number of hydrogen-bond donors (Lipinski definition) is 2. The van der Waals surface area contributed by atoms with Gasteiger partial charge in [-0.05, 0) is 0 Å². The topological polar surface area (TPSA) is 20.2 Å². The van der Waals surface area contributed by atoms with E-state index in [1.54, 1.807) is 0 Å². The third kappa shape index (κ3) is 4.74. The average molecular weight is 110 g/mol. The summed E-state index contributed by atoms with van der Waals surface area (Å²) in [5, 5.41) is 8.25. The predicted molar refractivity (Wildman–Crippen MR) is 29.6 cm³/mol. The lowest BCUT2D eigenvalue weighted by molar-refractivity contribution is 0.288. The highest BCUT2D eigenvalue weighted by Gasteiger charge is 1.82. The molecule has 0 heterocycles. The molecule has 0 amide bonds. The molecule has 0 aromatic carbocycles. The number of rotatable bonds is 1. The van der Waals surface area contributed by atoms with Crippen LogP contribution >= 0.6 is 21.9 Å². The minimum absolute atomic E-state index is 0.335. The summed E-state index contributed by atoms with van der Waals surface area (Å²) in [7, 11) is 2.21. The predicted octanol–water partition coefficient (Wildman–Crippen LogP) is 0.110. The van der Waals surface area contributed by atoms with E-state index >= 15 is 0 Å². The minimum atomic E-state index is -0.335. The fraction of sp³-hybridized carbons (Fsp3) is 1.00. The second-order valence-electron chi connectivity index (χ2n) is 0.750. The first-order valence-corrected chi connectivity index (χ1v) is 2.62. The Morgan fingerprint density at radius 1 is 2.00 bits per heavy atom.